The number of hydrogen-bond donors (Lipinski definition) is 2. The molecule has 0 aliphatic heterocycles. The average molecular weight is 471 g/mol. The molecule has 7 nitrogen and oxygen atoms in total. The Morgan fingerprint density at radius 2 is 1.74 bits per heavy atom. The number of carbonyl (C=O) groups excluding carboxylic acids is 1. The second kappa shape index (κ2) is 9.03. The third kappa shape index (κ3) is 4.38. The molecule has 0 saturated heterocycles. The van der Waals surface area contributed by atoms with Crippen molar-refractivity contribution in [1.82, 2.24) is 9.97 Å². The van der Waals surface area contributed by atoms with Crippen molar-refractivity contribution in [3.05, 3.63) is 93.5 Å². The highest BCUT2D eigenvalue weighted by Gasteiger charge is 2.23. The first-order chi connectivity index (χ1) is 16.5. The fraction of sp³-hybridized carbons (Fsp3) is 0.115. The second-order valence-corrected chi connectivity index (χ2v) is 8.48. The summed E-state index contributed by atoms with van der Waals surface area (Å²) in [6.45, 7) is 0. The number of nitrogens with zero attached hydrogens (tertiary/aromatic N) is 3. The molecular formula is C26H19ClN4O3. The van der Waals surface area contributed by atoms with Crippen molar-refractivity contribution in [3.63, 3.8) is 0 Å². The van der Waals surface area contributed by atoms with E-state index in [1.54, 1.807) is 60.7 Å². The summed E-state index contributed by atoms with van der Waals surface area (Å²) in [7, 11) is 0. The van der Waals surface area contributed by atoms with Crippen LogP contribution < -0.4 is 5.32 Å². The van der Waals surface area contributed by atoms with Gasteiger partial charge in [0.05, 0.1) is 17.8 Å². The predicted molar refractivity (Wildman–Crippen MR) is 131 cm³/mol. The van der Waals surface area contributed by atoms with Gasteiger partial charge in [0.15, 0.2) is 5.82 Å². The molecule has 1 amide bonds. The van der Waals surface area contributed by atoms with E-state index in [1.807, 2.05) is 6.07 Å². The molecule has 8 heteroatoms. The minimum atomic E-state index is -0.227. The molecule has 5 rings (SSSR count). The molecule has 3 aromatic carbocycles. The maximum Gasteiger partial charge on any atom is 0.230 e. The number of phenolic OH excluding ortho intramolecular Hbond substituents is 1. The van der Waals surface area contributed by atoms with Gasteiger partial charge in [0.1, 0.15) is 17.1 Å². The van der Waals surface area contributed by atoms with Crippen LogP contribution in [-0.4, -0.2) is 21.0 Å². The second-order valence-electron chi connectivity index (χ2n) is 8.05. The zero-order chi connectivity index (χ0) is 23.7. The maximum absolute atomic E-state index is 12.8. The number of halogens is 1. The Balaban J connectivity index is 1.55. The van der Waals surface area contributed by atoms with Crippen molar-refractivity contribution in [3.8, 4) is 28.3 Å². The Morgan fingerprint density at radius 1 is 0.971 bits per heavy atom. The van der Waals surface area contributed by atoms with Gasteiger partial charge in [-0.1, -0.05) is 29.8 Å². The van der Waals surface area contributed by atoms with Gasteiger partial charge in [-0.2, -0.15) is 0 Å². The largest absolute Gasteiger partial charge is 0.508 e. The summed E-state index contributed by atoms with van der Waals surface area (Å²) in [5, 5.41) is 16.3. The van der Waals surface area contributed by atoms with E-state index in [-0.39, 0.29) is 18.1 Å². The van der Waals surface area contributed by atoms with Gasteiger partial charge < -0.3 is 10.4 Å². The Hall–Kier alpha value is -4.10. The molecule has 0 atom stereocenters. The van der Waals surface area contributed by atoms with Crippen LogP contribution in [0.3, 0.4) is 0 Å². The van der Waals surface area contributed by atoms with Crippen molar-refractivity contribution in [2.75, 3.05) is 5.32 Å². The van der Waals surface area contributed by atoms with Crippen LogP contribution in [0, 0.1) is 4.91 Å². The van der Waals surface area contributed by atoms with E-state index in [0.29, 0.717) is 46.3 Å². The third-order valence-electron chi connectivity index (χ3n) is 5.73. The molecule has 0 saturated carbocycles. The third-order valence-corrected chi connectivity index (χ3v) is 5.98. The molecule has 0 radical (unpaired) electrons. The number of aromatic hydroxyl groups is 1. The molecular weight excluding hydrogens is 452 g/mol. The van der Waals surface area contributed by atoms with E-state index in [2.05, 4.69) is 10.5 Å². The first kappa shape index (κ1) is 21.7. The van der Waals surface area contributed by atoms with Crippen molar-refractivity contribution in [2.45, 2.75) is 19.3 Å². The number of carbonyl (C=O) groups is 1. The van der Waals surface area contributed by atoms with Gasteiger partial charge >= 0.3 is 0 Å². The summed E-state index contributed by atoms with van der Waals surface area (Å²) in [6.07, 6.45) is 1.47. The lowest BCUT2D eigenvalue weighted by Gasteiger charge is -2.21. The van der Waals surface area contributed by atoms with Crippen LogP contribution in [-0.2, 0) is 24.1 Å². The highest BCUT2D eigenvalue weighted by atomic mass is 35.5. The Kier molecular flexibility index (Phi) is 5.77. The smallest absolute Gasteiger partial charge is 0.230 e. The van der Waals surface area contributed by atoms with Crippen molar-refractivity contribution in [2.24, 2.45) is 5.18 Å². The van der Waals surface area contributed by atoms with Crippen LogP contribution in [0.2, 0.25) is 5.02 Å². The number of hydrogen-bond acceptors (Lipinski definition) is 6. The van der Waals surface area contributed by atoms with Crippen LogP contribution in [0.25, 0.3) is 22.5 Å². The van der Waals surface area contributed by atoms with E-state index in [1.165, 1.54) is 0 Å². The van der Waals surface area contributed by atoms with Crippen molar-refractivity contribution >= 4 is 29.0 Å². The molecule has 34 heavy (non-hydrogen) atoms. The summed E-state index contributed by atoms with van der Waals surface area (Å²) < 4.78 is 0. The zero-order valence-corrected chi connectivity index (χ0v) is 18.7. The molecule has 2 N–H and O–H groups in total. The van der Waals surface area contributed by atoms with E-state index < -0.39 is 0 Å². The first-order valence-electron chi connectivity index (χ1n) is 10.7. The number of anilines is 1. The lowest BCUT2D eigenvalue weighted by atomic mass is 9.91. The fourth-order valence-electron chi connectivity index (χ4n) is 4.06. The van der Waals surface area contributed by atoms with Gasteiger partial charge in [-0.05, 0) is 77.7 Å². The van der Waals surface area contributed by atoms with E-state index in [4.69, 9.17) is 21.6 Å². The number of aryl methyl sites for hydroxylation is 2. The van der Waals surface area contributed by atoms with Crippen LogP contribution in [0.1, 0.15) is 16.8 Å². The summed E-state index contributed by atoms with van der Waals surface area (Å²) in [5.41, 5.74) is 5.74. The molecule has 0 unspecified atom stereocenters. The summed E-state index contributed by atoms with van der Waals surface area (Å²) >= 11 is 5.94. The fourth-order valence-corrected chi connectivity index (χ4v) is 4.19. The number of fused-ring (bicyclic) bond motifs is 3. The highest BCUT2D eigenvalue weighted by molar-refractivity contribution is 6.30. The number of nitroso groups, excluding NO2 is 1. The number of nitrogens with one attached hydrogen (secondary N) is 1. The SMILES string of the molecule is O=Nc1ccc2c(c1)CCc1nc(NC(=O)Cc3ccc(Cl)cc3)c(-c3ccc(O)cc3)nc1-2. The first-order valence-corrected chi connectivity index (χ1v) is 11.1. The van der Waals surface area contributed by atoms with Gasteiger partial charge in [-0.15, -0.1) is 4.91 Å². The maximum atomic E-state index is 12.8. The topological polar surface area (TPSA) is 105 Å². The lowest BCUT2D eigenvalue weighted by Crippen LogP contribution is -2.18. The van der Waals surface area contributed by atoms with E-state index in [0.717, 1.165) is 22.4 Å². The Bertz CT molecular complexity index is 1400. The summed E-state index contributed by atoms with van der Waals surface area (Å²) in [6, 6.07) is 18.9. The van der Waals surface area contributed by atoms with Crippen LogP contribution in [0.15, 0.2) is 71.9 Å². The molecule has 0 spiro atoms. The van der Waals surface area contributed by atoms with Gasteiger partial charge in [-0.25, -0.2) is 9.97 Å². The summed E-state index contributed by atoms with van der Waals surface area (Å²) in [4.78, 5) is 33.5. The van der Waals surface area contributed by atoms with Crippen LogP contribution in [0.5, 0.6) is 5.75 Å². The molecule has 1 heterocycles. The zero-order valence-electron chi connectivity index (χ0n) is 18.0. The minimum absolute atomic E-state index is 0.127. The van der Waals surface area contributed by atoms with Gasteiger partial charge in [-0.3, -0.25) is 4.79 Å². The minimum Gasteiger partial charge on any atom is -0.508 e. The molecule has 1 aromatic heterocycles. The molecule has 0 fully saturated rings. The predicted octanol–water partition coefficient (Wildman–Crippen LogP) is 5.85. The number of rotatable bonds is 5. The van der Waals surface area contributed by atoms with Gasteiger partial charge in [0.2, 0.25) is 5.91 Å². The highest BCUT2D eigenvalue weighted by Crippen LogP contribution is 2.37. The Labute approximate surface area is 200 Å². The number of benzene rings is 3. The Morgan fingerprint density at radius 3 is 2.47 bits per heavy atom. The number of amides is 1. The summed E-state index contributed by atoms with van der Waals surface area (Å²) in [5.74, 6) is 0.259. The molecule has 168 valence electrons. The molecule has 1 aliphatic rings. The average Bonchev–Trinajstić information content (AvgIpc) is 2.85. The van der Waals surface area contributed by atoms with Crippen LogP contribution in [0.4, 0.5) is 11.5 Å². The van der Waals surface area contributed by atoms with E-state index >= 15 is 0 Å². The van der Waals surface area contributed by atoms with E-state index in [9.17, 15) is 14.8 Å². The normalized spacial score (nSPS) is 11.9. The van der Waals surface area contributed by atoms with Gasteiger partial charge in [0.25, 0.3) is 0 Å². The molecule has 0 bridgehead atoms. The van der Waals surface area contributed by atoms with Crippen molar-refractivity contribution < 1.29 is 9.90 Å². The van der Waals surface area contributed by atoms with Crippen LogP contribution >= 0.6 is 11.6 Å². The quantitative estimate of drug-likeness (QED) is 0.356. The molecule has 1 aliphatic carbocycles. The molecule has 4 aromatic rings. The standard InChI is InChI=1S/C26H19ClN4O3/c27-18-6-1-15(2-7-18)13-23(33)29-26-24(16-3-9-20(32)10-4-16)30-25-21-11-8-19(31-34)14-17(21)5-12-22(25)28-26/h1-4,6-11,14,32H,5,12-13H2,(H,28,29,33). The number of phenols is 1. The number of aromatic nitrogens is 2. The van der Waals surface area contributed by atoms with Crippen molar-refractivity contribution in [1.29, 1.82) is 0 Å². The van der Waals surface area contributed by atoms with Gasteiger partial charge in [0, 0.05) is 16.1 Å². The lowest BCUT2D eigenvalue weighted by molar-refractivity contribution is -0.115. The monoisotopic (exact) mass is 470 g/mol.